The van der Waals surface area contributed by atoms with E-state index in [9.17, 15) is 9.59 Å². The summed E-state index contributed by atoms with van der Waals surface area (Å²) in [4.78, 5) is 24.8. The third-order valence-electron chi connectivity index (χ3n) is 3.85. The maximum atomic E-state index is 12.7. The summed E-state index contributed by atoms with van der Waals surface area (Å²) in [7, 11) is 0. The van der Waals surface area contributed by atoms with Crippen molar-refractivity contribution in [3.63, 3.8) is 0 Å². The molecule has 0 unspecified atom stereocenters. The average molecular weight is 368 g/mol. The van der Waals surface area contributed by atoms with Crippen LogP contribution in [0, 0.1) is 0 Å². The van der Waals surface area contributed by atoms with Crippen LogP contribution in [0.4, 0.5) is 4.79 Å². The summed E-state index contributed by atoms with van der Waals surface area (Å²) in [6, 6.07) is 18.8. The molecule has 5 nitrogen and oxygen atoms in total. The molecule has 0 aliphatic heterocycles. The zero-order valence-corrected chi connectivity index (χ0v) is 16.2. The van der Waals surface area contributed by atoms with Gasteiger partial charge < -0.3 is 15.4 Å². The monoisotopic (exact) mass is 368 g/mol. The van der Waals surface area contributed by atoms with E-state index in [4.69, 9.17) is 4.74 Å². The number of benzene rings is 2. The Hall–Kier alpha value is -2.82. The molecule has 0 saturated carbocycles. The second kappa shape index (κ2) is 9.76. The van der Waals surface area contributed by atoms with Crippen LogP contribution in [0.1, 0.15) is 31.9 Å². The van der Waals surface area contributed by atoms with Crippen LogP contribution in [-0.2, 0) is 22.4 Å². The third-order valence-corrected chi connectivity index (χ3v) is 3.85. The molecule has 0 heterocycles. The molecule has 0 aromatic heterocycles. The lowest BCUT2D eigenvalue weighted by molar-refractivity contribution is -0.123. The van der Waals surface area contributed by atoms with Crippen molar-refractivity contribution in [2.24, 2.45) is 0 Å². The molecule has 144 valence electrons. The van der Waals surface area contributed by atoms with E-state index < -0.39 is 17.7 Å². The molecule has 2 aromatic carbocycles. The number of hydrogen-bond donors (Lipinski definition) is 2. The predicted molar refractivity (Wildman–Crippen MR) is 106 cm³/mol. The summed E-state index contributed by atoms with van der Waals surface area (Å²) < 4.78 is 5.30. The van der Waals surface area contributed by atoms with E-state index in [1.807, 2.05) is 60.7 Å². The second-order valence-corrected chi connectivity index (χ2v) is 7.42. The van der Waals surface area contributed by atoms with Gasteiger partial charge in [0.05, 0.1) is 0 Å². The number of amides is 2. The maximum absolute atomic E-state index is 12.7. The molecule has 0 fully saturated rings. The van der Waals surface area contributed by atoms with Crippen molar-refractivity contribution in [1.29, 1.82) is 0 Å². The van der Waals surface area contributed by atoms with E-state index >= 15 is 0 Å². The summed E-state index contributed by atoms with van der Waals surface area (Å²) in [6.45, 7) is 5.88. The van der Waals surface area contributed by atoms with Crippen molar-refractivity contribution >= 4 is 12.0 Å². The Labute approximate surface area is 161 Å². The minimum absolute atomic E-state index is 0.222. The van der Waals surface area contributed by atoms with Gasteiger partial charge in [-0.05, 0) is 38.3 Å². The molecule has 1 atom stereocenters. The summed E-state index contributed by atoms with van der Waals surface area (Å²) >= 11 is 0. The van der Waals surface area contributed by atoms with Crippen LogP contribution in [-0.4, -0.2) is 30.2 Å². The van der Waals surface area contributed by atoms with Crippen LogP contribution < -0.4 is 10.6 Å². The molecule has 0 aliphatic carbocycles. The van der Waals surface area contributed by atoms with E-state index in [2.05, 4.69) is 10.6 Å². The predicted octanol–water partition coefficient (Wildman–Crippen LogP) is 3.48. The van der Waals surface area contributed by atoms with E-state index in [1.54, 1.807) is 20.8 Å². The van der Waals surface area contributed by atoms with Gasteiger partial charge in [-0.3, -0.25) is 4.79 Å². The lowest BCUT2D eigenvalue weighted by Gasteiger charge is -2.23. The highest BCUT2D eigenvalue weighted by atomic mass is 16.6. The van der Waals surface area contributed by atoms with Crippen LogP contribution in [0.3, 0.4) is 0 Å². The molecule has 5 heteroatoms. The first-order valence-corrected chi connectivity index (χ1v) is 9.18. The zero-order chi connectivity index (χ0) is 19.7. The molecule has 0 saturated heterocycles. The van der Waals surface area contributed by atoms with Gasteiger partial charge in [0, 0.05) is 13.0 Å². The fourth-order valence-electron chi connectivity index (χ4n) is 2.61. The van der Waals surface area contributed by atoms with Gasteiger partial charge in [0.25, 0.3) is 0 Å². The molecule has 27 heavy (non-hydrogen) atoms. The highest BCUT2D eigenvalue weighted by molar-refractivity contribution is 5.86. The molecule has 0 aliphatic rings. The first-order chi connectivity index (χ1) is 12.8. The molecule has 2 N–H and O–H groups in total. The minimum atomic E-state index is -0.696. The Kier molecular flexibility index (Phi) is 7.41. The first kappa shape index (κ1) is 20.5. The molecule has 0 spiro atoms. The number of ether oxygens (including phenoxy) is 1. The fraction of sp³-hybridized carbons (Fsp3) is 0.364. The lowest BCUT2D eigenvalue weighted by Crippen LogP contribution is -2.49. The van der Waals surface area contributed by atoms with Gasteiger partial charge in [0.15, 0.2) is 0 Å². The van der Waals surface area contributed by atoms with E-state index in [-0.39, 0.29) is 5.91 Å². The van der Waals surface area contributed by atoms with Gasteiger partial charge in [-0.15, -0.1) is 0 Å². The van der Waals surface area contributed by atoms with Crippen LogP contribution >= 0.6 is 0 Å². The summed E-state index contributed by atoms with van der Waals surface area (Å²) in [5.74, 6) is -0.222. The Balaban J connectivity index is 1.96. The van der Waals surface area contributed by atoms with E-state index in [0.717, 1.165) is 17.5 Å². The molecule has 0 radical (unpaired) electrons. The number of nitrogens with one attached hydrogen (secondary N) is 2. The second-order valence-electron chi connectivity index (χ2n) is 7.42. The SMILES string of the molecule is CC(C)(C)OC(=O)N[C@H](Cc1ccccc1)C(=O)NCCc1ccccc1. The number of alkyl carbamates (subject to hydrolysis) is 1. The number of rotatable bonds is 7. The van der Waals surface area contributed by atoms with Gasteiger partial charge in [0.2, 0.25) is 5.91 Å². The molecule has 2 aromatic rings. The summed E-state index contributed by atoms with van der Waals surface area (Å²) in [6.07, 6.45) is 0.538. The topological polar surface area (TPSA) is 67.4 Å². The van der Waals surface area contributed by atoms with Crippen LogP contribution in [0.25, 0.3) is 0 Å². The number of carbonyl (C=O) groups is 2. The number of carbonyl (C=O) groups excluding carboxylic acids is 2. The van der Waals surface area contributed by atoms with Crippen molar-refractivity contribution < 1.29 is 14.3 Å². The fourth-order valence-corrected chi connectivity index (χ4v) is 2.61. The van der Waals surface area contributed by atoms with Crippen molar-refractivity contribution in [2.45, 2.75) is 45.3 Å². The molecule has 2 rings (SSSR count). The summed E-state index contributed by atoms with van der Waals surface area (Å²) in [5, 5.41) is 5.61. The molecular weight excluding hydrogens is 340 g/mol. The highest BCUT2D eigenvalue weighted by Gasteiger charge is 2.24. The summed E-state index contributed by atoms with van der Waals surface area (Å²) in [5.41, 5.74) is 1.50. The van der Waals surface area contributed by atoms with Crippen LogP contribution in [0.15, 0.2) is 60.7 Å². The smallest absolute Gasteiger partial charge is 0.408 e. The quantitative estimate of drug-likeness (QED) is 0.786. The van der Waals surface area contributed by atoms with Crippen LogP contribution in [0.2, 0.25) is 0 Å². The van der Waals surface area contributed by atoms with E-state index in [0.29, 0.717) is 13.0 Å². The average Bonchev–Trinajstić information content (AvgIpc) is 2.61. The van der Waals surface area contributed by atoms with Gasteiger partial charge in [0.1, 0.15) is 11.6 Å². The first-order valence-electron chi connectivity index (χ1n) is 9.18. The van der Waals surface area contributed by atoms with Crippen LogP contribution in [0.5, 0.6) is 0 Å². The largest absolute Gasteiger partial charge is 0.444 e. The normalized spacial score (nSPS) is 12.1. The minimum Gasteiger partial charge on any atom is -0.444 e. The van der Waals surface area contributed by atoms with E-state index in [1.165, 1.54) is 0 Å². The van der Waals surface area contributed by atoms with Crippen molar-refractivity contribution in [1.82, 2.24) is 10.6 Å². The molecule has 0 bridgehead atoms. The molecular formula is C22H28N2O3. The zero-order valence-electron chi connectivity index (χ0n) is 16.2. The Morgan fingerprint density at radius 2 is 1.48 bits per heavy atom. The van der Waals surface area contributed by atoms with Gasteiger partial charge in [-0.25, -0.2) is 4.79 Å². The Morgan fingerprint density at radius 1 is 0.926 bits per heavy atom. The lowest BCUT2D eigenvalue weighted by atomic mass is 10.1. The Morgan fingerprint density at radius 3 is 2.04 bits per heavy atom. The highest BCUT2D eigenvalue weighted by Crippen LogP contribution is 2.09. The standard InChI is InChI=1S/C22H28N2O3/c1-22(2,3)27-21(26)24-19(16-18-12-8-5-9-13-18)20(25)23-15-14-17-10-6-4-7-11-17/h4-13,19H,14-16H2,1-3H3,(H,23,25)(H,24,26)/t19-/m1/s1. The van der Waals surface area contributed by atoms with Gasteiger partial charge >= 0.3 is 6.09 Å². The van der Waals surface area contributed by atoms with Crippen molar-refractivity contribution in [2.75, 3.05) is 6.54 Å². The molecule has 2 amide bonds. The van der Waals surface area contributed by atoms with Crippen molar-refractivity contribution in [3.8, 4) is 0 Å². The van der Waals surface area contributed by atoms with Crippen molar-refractivity contribution in [3.05, 3.63) is 71.8 Å². The maximum Gasteiger partial charge on any atom is 0.408 e. The van der Waals surface area contributed by atoms with Gasteiger partial charge in [-0.1, -0.05) is 60.7 Å². The third kappa shape index (κ3) is 7.94. The van der Waals surface area contributed by atoms with Gasteiger partial charge in [-0.2, -0.15) is 0 Å². The Bertz CT molecular complexity index is 724. The number of hydrogen-bond acceptors (Lipinski definition) is 3.